The molecule has 0 bridgehead atoms. The van der Waals surface area contributed by atoms with E-state index in [-0.39, 0.29) is 11.6 Å². The lowest BCUT2D eigenvalue weighted by molar-refractivity contribution is -0.122. The molecule has 1 aliphatic rings. The van der Waals surface area contributed by atoms with Crippen molar-refractivity contribution in [3.63, 3.8) is 0 Å². The first-order valence-electron chi connectivity index (χ1n) is 8.57. The molecule has 0 saturated carbocycles. The molecule has 0 fully saturated rings. The van der Waals surface area contributed by atoms with E-state index >= 15 is 0 Å². The summed E-state index contributed by atoms with van der Waals surface area (Å²) in [5, 5.41) is 9.30. The highest BCUT2D eigenvalue weighted by atomic mass is 16.5. The van der Waals surface area contributed by atoms with E-state index in [1.807, 2.05) is 12.1 Å². The lowest BCUT2D eigenvalue weighted by atomic mass is 10.1. The second-order valence-corrected chi connectivity index (χ2v) is 6.22. The summed E-state index contributed by atoms with van der Waals surface area (Å²) in [6, 6.07) is 13.8. The van der Waals surface area contributed by atoms with E-state index in [4.69, 9.17) is 14.0 Å². The predicted molar refractivity (Wildman–Crippen MR) is 102 cm³/mol. The molecule has 0 saturated heterocycles. The van der Waals surface area contributed by atoms with Gasteiger partial charge in [0.1, 0.15) is 11.5 Å². The number of amides is 2. The minimum Gasteiger partial charge on any atom is -0.497 e. The summed E-state index contributed by atoms with van der Waals surface area (Å²) in [7, 11) is 1.59. The highest BCUT2D eigenvalue weighted by Gasteiger charge is 2.24. The number of rotatable bonds is 4. The SMILES string of the molecule is COc1ccc(-c2cc(C(=O)Nc3ccc4c(c3)NC(=O)[C@@H](C)O4)no2)cc1. The largest absolute Gasteiger partial charge is 0.497 e. The third-order valence-corrected chi connectivity index (χ3v) is 4.29. The van der Waals surface area contributed by atoms with Crippen LogP contribution in [0, 0.1) is 0 Å². The molecule has 4 rings (SSSR count). The molecular formula is C20H17N3O5. The monoisotopic (exact) mass is 379 g/mol. The van der Waals surface area contributed by atoms with Crippen LogP contribution in [0.1, 0.15) is 17.4 Å². The average Bonchev–Trinajstić information content (AvgIpc) is 3.19. The number of carbonyl (C=O) groups excluding carboxylic acids is 2. The van der Waals surface area contributed by atoms with Crippen LogP contribution in [0.3, 0.4) is 0 Å². The van der Waals surface area contributed by atoms with Crippen LogP contribution >= 0.6 is 0 Å². The number of carbonyl (C=O) groups is 2. The first kappa shape index (κ1) is 17.6. The van der Waals surface area contributed by atoms with Crippen molar-refractivity contribution < 1.29 is 23.6 Å². The van der Waals surface area contributed by atoms with Crippen molar-refractivity contribution in [1.29, 1.82) is 0 Å². The summed E-state index contributed by atoms with van der Waals surface area (Å²) >= 11 is 0. The van der Waals surface area contributed by atoms with Crippen LogP contribution in [-0.4, -0.2) is 30.2 Å². The molecule has 2 aromatic carbocycles. The molecule has 0 spiro atoms. The minimum absolute atomic E-state index is 0.137. The molecule has 0 radical (unpaired) electrons. The van der Waals surface area contributed by atoms with Crippen LogP contribution < -0.4 is 20.1 Å². The smallest absolute Gasteiger partial charge is 0.277 e. The Bertz CT molecular complexity index is 1040. The molecule has 1 aliphatic heterocycles. The molecule has 3 aromatic rings. The molecule has 2 heterocycles. The highest BCUT2D eigenvalue weighted by Crippen LogP contribution is 2.32. The van der Waals surface area contributed by atoms with Crippen LogP contribution in [0.5, 0.6) is 11.5 Å². The average molecular weight is 379 g/mol. The Labute approximate surface area is 160 Å². The zero-order valence-corrected chi connectivity index (χ0v) is 15.2. The predicted octanol–water partition coefficient (Wildman–Crippen LogP) is 3.32. The van der Waals surface area contributed by atoms with Gasteiger partial charge in [0.05, 0.1) is 12.8 Å². The molecular weight excluding hydrogens is 362 g/mol. The quantitative estimate of drug-likeness (QED) is 0.721. The van der Waals surface area contributed by atoms with Gasteiger partial charge in [-0.2, -0.15) is 0 Å². The summed E-state index contributed by atoms with van der Waals surface area (Å²) in [6.45, 7) is 1.67. The Hall–Kier alpha value is -3.81. The number of methoxy groups -OCH3 is 1. The number of aromatic nitrogens is 1. The van der Waals surface area contributed by atoms with Crippen LogP contribution in [-0.2, 0) is 4.79 Å². The number of fused-ring (bicyclic) bond motifs is 1. The van der Waals surface area contributed by atoms with Crippen molar-refractivity contribution in [3.05, 3.63) is 54.2 Å². The van der Waals surface area contributed by atoms with Crippen molar-refractivity contribution in [3.8, 4) is 22.8 Å². The van der Waals surface area contributed by atoms with E-state index in [2.05, 4.69) is 15.8 Å². The lowest BCUT2D eigenvalue weighted by Crippen LogP contribution is -2.34. The van der Waals surface area contributed by atoms with Crippen molar-refractivity contribution in [2.75, 3.05) is 17.7 Å². The van der Waals surface area contributed by atoms with Gasteiger partial charge >= 0.3 is 0 Å². The third-order valence-electron chi connectivity index (χ3n) is 4.29. The first-order valence-corrected chi connectivity index (χ1v) is 8.57. The number of anilines is 2. The molecule has 1 atom stereocenters. The van der Waals surface area contributed by atoms with E-state index in [0.29, 0.717) is 22.9 Å². The topological polar surface area (TPSA) is 103 Å². The van der Waals surface area contributed by atoms with Gasteiger partial charge in [-0.1, -0.05) is 5.16 Å². The number of nitrogens with zero attached hydrogens (tertiary/aromatic N) is 1. The van der Waals surface area contributed by atoms with Gasteiger partial charge in [0.2, 0.25) is 0 Å². The van der Waals surface area contributed by atoms with Crippen LogP contribution in [0.25, 0.3) is 11.3 Å². The van der Waals surface area contributed by atoms with E-state index in [1.54, 1.807) is 50.4 Å². The number of nitrogens with one attached hydrogen (secondary N) is 2. The van der Waals surface area contributed by atoms with Crippen LogP contribution in [0.4, 0.5) is 11.4 Å². The van der Waals surface area contributed by atoms with Crippen molar-refractivity contribution in [2.24, 2.45) is 0 Å². The van der Waals surface area contributed by atoms with Gasteiger partial charge in [-0.15, -0.1) is 0 Å². The van der Waals surface area contributed by atoms with Crippen molar-refractivity contribution in [2.45, 2.75) is 13.0 Å². The second kappa shape index (κ2) is 7.07. The summed E-state index contributed by atoms with van der Waals surface area (Å²) in [5.74, 6) is 1.07. The first-order chi connectivity index (χ1) is 13.5. The van der Waals surface area contributed by atoms with Crippen molar-refractivity contribution >= 4 is 23.2 Å². The second-order valence-electron chi connectivity index (χ2n) is 6.22. The maximum Gasteiger partial charge on any atom is 0.277 e. The van der Waals surface area contributed by atoms with E-state index in [9.17, 15) is 9.59 Å². The highest BCUT2D eigenvalue weighted by molar-refractivity contribution is 6.04. The molecule has 2 N–H and O–H groups in total. The number of hydrogen-bond donors (Lipinski definition) is 2. The summed E-state index contributed by atoms with van der Waals surface area (Å²) in [5.41, 5.74) is 1.91. The standard InChI is InChI=1S/C20H17N3O5/c1-11-19(24)22-15-9-13(5-8-17(15)27-11)21-20(25)16-10-18(28-23-16)12-3-6-14(26-2)7-4-12/h3-11H,1-2H3,(H,21,25)(H,22,24)/t11-/m1/s1. The fourth-order valence-corrected chi connectivity index (χ4v) is 2.76. The Kier molecular flexibility index (Phi) is 4.44. The molecule has 1 aromatic heterocycles. The fraction of sp³-hybridized carbons (Fsp3) is 0.150. The Morgan fingerprint density at radius 3 is 2.71 bits per heavy atom. The van der Waals surface area contributed by atoms with Crippen LogP contribution in [0.2, 0.25) is 0 Å². The Morgan fingerprint density at radius 2 is 1.96 bits per heavy atom. The normalized spacial score (nSPS) is 15.2. The third kappa shape index (κ3) is 3.39. The Balaban J connectivity index is 1.49. The summed E-state index contributed by atoms with van der Waals surface area (Å²) in [4.78, 5) is 24.2. The van der Waals surface area contributed by atoms with Gasteiger partial charge in [-0.05, 0) is 49.4 Å². The molecule has 8 heteroatoms. The molecule has 8 nitrogen and oxygen atoms in total. The van der Waals surface area contributed by atoms with Gasteiger partial charge in [-0.3, -0.25) is 9.59 Å². The molecule has 0 aliphatic carbocycles. The van der Waals surface area contributed by atoms with Gasteiger partial charge in [0.15, 0.2) is 17.6 Å². The summed E-state index contributed by atoms with van der Waals surface area (Å²) in [6.07, 6.45) is -0.556. The van der Waals surface area contributed by atoms with Crippen molar-refractivity contribution in [1.82, 2.24) is 5.16 Å². The zero-order chi connectivity index (χ0) is 19.7. The van der Waals surface area contributed by atoms with Gasteiger partial charge in [-0.25, -0.2) is 0 Å². The molecule has 0 unspecified atom stereocenters. The van der Waals surface area contributed by atoms with E-state index in [0.717, 1.165) is 11.3 Å². The molecule has 2 amide bonds. The number of ether oxygens (including phenoxy) is 2. The fourth-order valence-electron chi connectivity index (χ4n) is 2.76. The molecule has 142 valence electrons. The maximum atomic E-state index is 12.5. The summed E-state index contributed by atoms with van der Waals surface area (Å²) < 4.78 is 15.9. The Morgan fingerprint density at radius 1 is 1.18 bits per heavy atom. The zero-order valence-electron chi connectivity index (χ0n) is 15.2. The number of benzene rings is 2. The molecule has 28 heavy (non-hydrogen) atoms. The van der Waals surface area contributed by atoms with E-state index in [1.165, 1.54) is 0 Å². The lowest BCUT2D eigenvalue weighted by Gasteiger charge is -2.23. The maximum absolute atomic E-state index is 12.5. The number of hydrogen-bond acceptors (Lipinski definition) is 6. The minimum atomic E-state index is -0.556. The van der Waals surface area contributed by atoms with E-state index < -0.39 is 12.0 Å². The van der Waals surface area contributed by atoms with Gasteiger partial charge in [0, 0.05) is 17.3 Å². The van der Waals surface area contributed by atoms with Gasteiger partial charge in [0.25, 0.3) is 11.8 Å². The van der Waals surface area contributed by atoms with Gasteiger partial charge < -0.3 is 24.6 Å². The van der Waals surface area contributed by atoms with Crippen LogP contribution in [0.15, 0.2) is 53.1 Å².